The molecule has 0 unspecified atom stereocenters. The van der Waals surface area contributed by atoms with Crippen LogP contribution in [0.1, 0.15) is 16.7 Å². The predicted molar refractivity (Wildman–Crippen MR) is 74.6 cm³/mol. The van der Waals surface area contributed by atoms with Gasteiger partial charge in [-0.1, -0.05) is 29.8 Å². The Morgan fingerprint density at radius 2 is 2.00 bits per heavy atom. The van der Waals surface area contributed by atoms with Crippen LogP contribution in [0, 0.1) is 6.92 Å². The smallest absolute Gasteiger partial charge is 0.246 e. The summed E-state index contributed by atoms with van der Waals surface area (Å²) in [6.45, 7) is 2.24. The largest absolute Gasteiger partial charge is 0.316 e. The Labute approximate surface area is 109 Å². The maximum absolute atomic E-state index is 11.6. The van der Waals surface area contributed by atoms with Gasteiger partial charge in [0.25, 0.3) is 0 Å². The Morgan fingerprint density at radius 3 is 2.78 bits per heavy atom. The quantitative estimate of drug-likeness (QED) is 0.837. The third kappa shape index (κ3) is 1.95. The molecule has 0 spiro atoms. The van der Waals surface area contributed by atoms with Crippen molar-refractivity contribution >= 4 is 28.0 Å². The van der Waals surface area contributed by atoms with Crippen LogP contribution in [0.25, 0.3) is 0 Å². The lowest BCUT2D eigenvalue weighted by molar-refractivity contribution is -0.114. The van der Waals surface area contributed by atoms with Gasteiger partial charge < -0.3 is 5.32 Å². The van der Waals surface area contributed by atoms with E-state index in [0.29, 0.717) is 0 Å². The number of aryl methyl sites for hydroxylation is 1. The van der Waals surface area contributed by atoms with Crippen molar-refractivity contribution in [1.29, 1.82) is 0 Å². The molecule has 3 nitrogen and oxygen atoms in total. The van der Waals surface area contributed by atoms with E-state index in [1.165, 1.54) is 16.9 Å². The normalized spacial score (nSPS) is 14.5. The van der Waals surface area contributed by atoms with Crippen molar-refractivity contribution < 1.29 is 4.79 Å². The Hall–Kier alpha value is -1.94. The van der Waals surface area contributed by atoms with Crippen LogP contribution in [0.15, 0.2) is 40.7 Å². The van der Waals surface area contributed by atoms with Gasteiger partial charge in [0.05, 0.1) is 5.71 Å². The Kier molecular flexibility index (Phi) is 2.72. The monoisotopic (exact) mass is 256 g/mol. The van der Waals surface area contributed by atoms with E-state index in [0.717, 1.165) is 21.8 Å². The molecule has 0 saturated carbocycles. The van der Waals surface area contributed by atoms with Crippen LogP contribution in [0.2, 0.25) is 0 Å². The van der Waals surface area contributed by atoms with Gasteiger partial charge in [-0.2, -0.15) is 0 Å². The molecular formula is C14H12N2OS. The third-order valence-electron chi connectivity index (χ3n) is 2.88. The molecule has 0 radical (unpaired) electrons. The summed E-state index contributed by atoms with van der Waals surface area (Å²) in [6, 6.07) is 10.2. The zero-order chi connectivity index (χ0) is 12.5. The van der Waals surface area contributed by atoms with Crippen LogP contribution in [0.4, 0.5) is 5.00 Å². The van der Waals surface area contributed by atoms with Crippen LogP contribution < -0.4 is 5.32 Å². The molecule has 1 aromatic carbocycles. The summed E-state index contributed by atoms with van der Waals surface area (Å²) in [5, 5.41) is 5.74. The van der Waals surface area contributed by atoms with Crippen LogP contribution in [-0.2, 0) is 4.79 Å². The second-order valence-electron chi connectivity index (χ2n) is 4.24. The van der Waals surface area contributed by atoms with Gasteiger partial charge >= 0.3 is 0 Å². The van der Waals surface area contributed by atoms with Gasteiger partial charge in [0.15, 0.2) is 0 Å². The van der Waals surface area contributed by atoms with Gasteiger partial charge in [0.1, 0.15) is 11.5 Å². The van der Waals surface area contributed by atoms with E-state index in [-0.39, 0.29) is 12.5 Å². The molecule has 18 heavy (non-hydrogen) atoms. The molecule has 1 N–H and O–H groups in total. The number of fused-ring (bicyclic) bond motifs is 1. The van der Waals surface area contributed by atoms with Crippen molar-refractivity contribution in [3.63, 3.8) is 0 Å². The topological polar surface area (TPSA) is 41.5 Å². The molecule has 2 aromatic rings. The summed E-state index contributed by atoms with van der Waals surface area (Å²) < 4.78 is 0. The second-order valence-corrected chi connectivity index (χ2v) is 5.16. The molecular weight excluding hydrogens is 244 g/mol. The molecule has 0 atom stereocenters. The van der Waals surface area contributed by atoms with Crippen molar-refractivity contribution in [1.82, 2.24) is 0 Å². The van der Waals surface area contributed by atoms with Crippen LogP contribution >= 0.6 is 11.3 Å². The Balaban J connectivity index is 2.11. The number of amides is 1. The predicted octanol–water partition coefficient (Wildman–Crippen LogP) is 2.85. The number of anilines is 1. The summed E-state index contributed by atoms with van der Waals surface area (Å²) in [4.78, 5) is 16.0. The van der Waals surface area contributed by atoms with Crippen molar-refractivity contribution in [2.45, 2.75) is 6.92 Å². The Bertz CT molecular complexity index is 625. The number of hydrogen-bond acceptors (Lipinski definition) is 3. The molecule has 1 aliphatic heterocycles. The summed E-state index contributed by atoms with van der Waals surface area (Å²) in [6.07, 6.45) is 0. The molecule has 4 heteroatoms. The number of carbonyl (C=O) groups is 1. The van der Waals surface area contributed by atoms with E-state index >= 15 is 0 Å². The van der Waals surface area contributed by atoms with Gasteiger partial charge in [0.2, 0.25) is 5.91 Å². The fourth-order valence-electron chi connectivity index (χ4n) is 1.95. The summed E-state index contributed by atoms with van der Waals surface area (Å²) in [5.41, 5.74) is 4.17. The zero-order valence-corrected chi connectivity index (χ0v) is 10.8. The standard InChI is InChI=1S/C14H12N2OS/c1-9-2-4-10(5-3-9)13-11-6-7-18-14(11)16-12(17)8-15-13/h2-7H,8H2,1H3,(H,16,17). The fourth-order valence-corrected chi connectivity index (χ4v) is 2.76. The average Bonchev–Trinajstić information content (AvgIpc) is 2.74. The minimum Gasteiger partial charge on any atom is -0.316 e. The molecule has 90 valence electrons. The molecule has 1 amide bonds. The molecule has 0 bridgehead atoms. The SMILES string of the molecule is Cc1ccc(C2=NCC(=O)Nc3sccc32)cc1. The first kappa shape index (κ1) is 11.2. The minimum atomic E-state index is -0.0548. The average molecular weight is 256 g/mol. The van der Waals surface area contributed by atoms with Gasteiger partial charge in [-0.05, 0) is 18.4 Å². The van der Waals surface area contributed by atoms with Gasteiger partial charge in [-0.15, -0.1) is 11.3 Å². The number of hydrogen-bond donors (Lipinski definition) is 1. The lowest BCUT2D eigenvalue weighted by atomic mass is 10.0. The van der Waals surface area contributed by atoms with E-state index in [9.17, 15) is 4.79 Å². The number of nitrogens with zero attached hydrogens (tertiary/aromatic N) is 1. The van der Waals surface area contributed by atoms with E-state index in [1.807, 2.05) is 23.6 Å². The maximum Gasteiger partial charge on any atom is 0.246 e. The highest BCUT2D eigenvalue weighted by molar-refractivity contribution is 7.14. The molecule has 0 saturated heterocycles. The summed E-state index contributed by atoms with van der Waals surface area (Å²) >= 11 is 1.53. The van der Waals surface area contributed by atoms with E-state index < -0.39 is 0 Å². The molecule has 0 fully saturated rings. The van der Waals surface area contributed by atoms with Crippen molar-refractivity contribution in [3.05, 3.63) is 52.4 Å². The highest BCUT2D eigenvalue weighted by Gasteiger charge is 2.18. The first-order valence-corrected chi connectivity index (χ1v) is 6.61. The van der Waals surface area contributed by atoms with E-state index in [4.69, 9.17) is 0 Å². The fraction of sp³-hybridized carbons (Fsp3) is 0.143. The first-order valence-electron chi connectivity index (χ1n) is 5.73. The summed E-state index contributed by atoms with van der Waals surface area (Å²) in [5.74, 6) is -0.0548. The molecule has 2 heterocycles. The van der Waals surface area contributed by atoms with E-state index in [1.54, 1.807) is 0 Å². The molecule has 0 aliphatic carbocycles. The van der Waals surface area contributed by atoms with Crippen molar-refractivity contribution in [3.8, 4) is 0 Å². The highest BCUT2D eigenvalue weighted by atomic mass is 32.1. The molecule has 1 aliphatic rings. The van der Waals surface area contributed by atoms with Gasteiger partial charge in [-0.3, -0.25) is 9.79 Å². The van der Waals surface area contributed by atoms with Crippen molar-refractivity contribution in [2.75, 3.05) is 11.9 Å². The molecule has 3 rings (SSSR count). The van der Waals surface area contributed by atoms with Crippen molar-refractivity contribution in [2.24, 2.45) is 4.99 Å². The number of carbonyl (C=O) groups excluding carboxylic acids is 1. The minimum absolute atomic E-state index is 0.0548. The third-order valence-corrected chi connectivity index (χ3v) is 3.71. The number of aliphatic imine (C=N–C) groups is 1. The number of thiophene rings is 1. The zero-order valence-electron chi connectivity index (χ0n) is 9.93. The highest BCUT2D eigenvalue weighted by Crippen LogP contribution is 2.28. The number of benzene rings is 1. The van der Waals surface area contributed by atoms with Crippen LogP contribution in [0.3, 0.4) is 0 Å². The van der Waals surface area contributed by atoms with Crippen LogP contribution in [0.5, 0.6) is 0 Å². The lowest BCUT2D eigenvalue weighted by Gasteiger charge is -2.05. The first-order chi connectivity index (χ1) is 8.74. The van der Waals surface area contributed by atoms with Crippen LogP contribution in [-0.4, -0.2) is 18.2 Å². The summed E-state index contributed by atoms with van der Waals surface area (Å²) in [7, 11) is 0. The molecule has 1 aromatic heterocycles. The maximum atomic E-state index is 11.6. The number of nitrogens with one attached hydrogen (secondary N) is 1. The van der Waals surface area contributed by atoms with Gasteiger partial charge in [-0.25, -0.2) is 0 Å². The number of rotatable bonds is 1. The Morgan fingerprint density at radius 1 is 1.22 bits per heavy atom. The van der Waals surface area contributed by atoms with Gasteiger partial charge in [0, 0.05) is 11.1 Å². The van der Waals surface area contributed by atoms with E-state index in [2.05, 4.69) is 29.4 Å². The lowest BCUT2D eigenvalue weighted by Crippen LogP contribution is -2.12. The second kappa shape index (κ2) is 4.38.